The summed E-state index contributed by atoms with van der Waals surface area (Å²) in [5.74, 6) is 0.430. The summed E-state index contributed by atoms with van der Waals surface area (Å²) in [6.07, 6.45) is -0.440. The normalized spacial score (nSPS) is 13.2. The molecule has 0 aliphatic heterocycles. The Morgan fingerprint density at radius 2 is 2.00 bits per heavy atom. The number of aliphatic hydroxyl groups is 1. The molecule has 3 heteroatoms. The molecule has 2 nitrogen and oxygen atoms in total. The van der Waals surface area contributed by atoms with Crippen LogP contribution in [0.5, 0.6) is 0 Å². The van der Waals surface area contributed by atoms with Gasteiger partial charge in [0.2, 0.25) is 0 Å². The Labute approximate surface area is 99.8 Å². The molecule has 0 radical (unpaired) electrons. The van der Waals surface area contributed by atoms with E-state index in [1.54, 1.807) is 0 Å². The van der Waals surface area contributed by atoms with E-state index in [2.05, 4.69) is 41.2 Å². The van der Waals surface area contributed by atoms with Gasteiger partial charge in [0.05, 0.1) is 6.10 Å². The van der Waals surface area contributed by atoms with Crippen molar-refractivity contribution in [3.63, 3.8) is 0 Å². The lowest BCUT2D eigenvalue weighted by atomic mass is 9.94. The zero-order chi connectivity index (χ0) is 11.4. The zero-order valence-electron chi connectivity index (χ0n) is 9.42. The average molecular weight is 272 g/mol. The van der Waals surface area contributed by atoms with E-state index in [1.807, 2.05) is 19.2 Å². The SMILES string of the molecule is CNCC(O)c1cc(Br)ccc1C(C)C. The third kappa shape index (κ3) is 3.30. The second-order valence-corrected chi connectivity index (χ2v) is 4.92. The van der Waals surface area contributed by atoms with Crippen molar-refractivity contribution in [3.8, 4) is 0 Å². The molecule has 84 valence electrons. The van der Waals surface area contributed by atoms with E-state index >= 15 is 0 Å². The summed E-state index contributed by atoms with van der Waals surface area (Å²) in [4.78, 5) is 0. The van der Waals surface area contributed by atoms with E-state index in [-0.39, 0.29) is 0 Å². The second kappa shape index (κ2) is 5.64. The Morgan fingerprint density at radius 3 is 2.53 bits per heavy atom. The summed E-state index contributed by atoms with van der Waals surface area (Å²) in [7, 11) is 1.84. The summed E-state index contributed by atoms with van der Waals surface area (Å²) >= 11 is 3.43. The van der Waals surface area contributed by atoms with Crippen molar-refractivity contribution < 1.29 is 5.11 Å². The van der Waals surface area contributed by atoms with Gasteiger partial charge in [-0.1, -0.05) is 35.8 Å². The van der Waals surface area contributed by atoms with Gasteiger partial charge in [-0.15, -0.1) is 0 Å². The van der Waals surface area contributed by atoms with Crippen LogP contribution in [-0.4, -0.2) is 18.7 Å². The first kappa shape index (κ1) is 12.7. The molecule has 0 aliphatic carbocycles. The molecule has 0 bridgehead atoms. The highest BCUT2D eigenvalue weighted by Gasteiger charge is 2.14. The van der Waals surface area contributed by atoms with Crippen molar-refractivity contribution in [1.29, 1.82) is 0 Å². The lowest BCUT2D eigenvalue weighted by Gasteiger charge is -2.18. The monoisotopic (exact) mass is 271 g/mol. The Balaban J connectivity index is 3.06. The van der Waals surface area contributed by atoms with Gasteiger partial charge in [0.25, 0.3) is 0 Å². The fourth-order valence-electron chi connectivity index (χ4n) is 1.66. The summed E-state index contributed by atoms with van der Waals surface area (Å²) < 4.78 is 1.01. The van der Waals surface area contributed by atoms with Crippen molar-refractivity contribution in [2.24, 2.45) is 0 Å². The summed E-state index contributed by atoms with van der Waals surface area (Å²) in [5, 5.41) is 13.0. The first-order chi connectivity index (χ1) is 7.06. The Hall–Kier alpha value is -0.380. The van der Waals surface area contributed by atoms with Gasteiger partial charge in [-0.2, -0.15) is 0 Å². The predicted molar refractivity (Wildman–Crippen MR) is 67.1 cm³/mol. The summed E-state index contributed by atoms with van der Waals surface area (Å²) in [5.41, 5.74) is 2.22. The molecule has 1 aromatic rings. The smallest absolute Gasteiger partial charge is 0.0917 e. The maximum absolute atomic E-state index is 9.99. The third-order valence-corrected chi connectivity index (χ3v) is 2.92. The number of hydrogen-bond acceptors (Lipinski definition) is 2. The number of benzene rings is 1. The maximum Gasteiger partial charge on any atom is 0.0917 e. The quantitative estimate of drug-likeness (QED) is 0.883. The minimum Gasteiger partial charge on any atom is -0.387 e. The van der Waals surface area contributed by atoms with Crippen LogP contribution in [0.3, 0.4) is 0 Å². The molecule has 15 heavy (non-hydrogen) atoms. The van der Waals surface area contributed by atoms with E-state index in [1.165, 1.54) is 5.56 Å². The van der Waals surface area contributed by atoms with E-state index in [0.717, 1.165) is 10.0 Å². The maximum atomic E-state index is 9.99. The first-order valence-electron chi connectivity index (χ1n) is 5.18. The molecule has 0 fully saturated rings. The van der Waals surface area contributed by atoms with Crippen LogP contribution in [0.1, 0.15) is 37.0 Å². The Bertz CT molecular complexity index is 325. The van der Waals surface area contributed by atoms with Gasteiger partial charge >= 0.3 is 0 Å². The number of aliphatic hydroxyl groups excluding tert-OH is 1. The summed E-state index contributed by atoms with van der Waals surface area (Å²) in [6, 6.07) is 6.09. The highest BCUT2D eigenvalue weighted by molar-refractivity contribution is 9.10. The average Bonchev–Trinajstić information content (AvgIpc) is 2.17. The molecule has 0 amide bonds. The lowest BCUT2D eigenvalue weighted by Crippen LogP contribution is -2.18. The van der Waals surface area contributed by atoms with Crippen LogP contribution >= 0.6 is 15.9 Å². The number of halogens is 1. The Kier molecular flexibility index (Phi) is 4.77. The molecule has 1 atom stereocenters. The van der Waals surface area contributed by atoms with Crippen LogP contribution in [0, 0.1) is 0 Å². The van der Waals surface area contributed by atoms with Crippen LogP contribution in [0.2, 0.25) is 0 Å². The minimum absolute atomic E-state index is 0.430. The molecule has 1 rings (SSSR count). The van der Waals surface area contributed by atoms with Crippen LogP contribution in [0.25, 0.3) is 0 Å². The largest absolute Gasteiger partial charge is 0.387 e. The van der Waals surface area contributed by atoms with Crippen molar-refractivity contribution in [2.45, 2.75) is 25.9 Å². The van der Waals surface area contributed by atoms with E-state index in [0.29, 0.717) is 12.5 Å². The lowest BCUT2D eigenvalue weighted by molar-refractivity contribution is 0.176. The Morgan fingerprint density at radius 1 is 1.33 bits per heavy atom. The van der Waals surface area contributed by atoms with Gasteiger partial charge < -0.3 is 10.4 Å². The number of nitrogens with one attached hydrogen (secondary N) is 1. The number of rotatable bonds is 4. The van der Waals surface area contributed by atoms with Crippen LogP contribution in [0.4, 0.5) is 0 Å². The van der Waals surface area contributed by atoms with Crippen molar-refractivity contribution >= 4 is 15.9 Å². The zero-order valence-corrected chi connectivity index (χ0v) is 11.0. The molecule has 1 aromatic carbocycles. The summed E-state index contributed by atoms with van der Waals surface area (Å²) in [6.45, 7) is 4.85. The predicted octanol–water partition coefficient (Wildman–Crippen LogP) is 2.83. The third-order valence-electron chi connectivity index (χ3n) is 2.43. The fourth-order valence-corrected chi connectivity index (χ4v) is 2.04. The highest BCUT2D eigenvalue weighted by Crippen LogP contribution is 2.27. The van der Waals surface area contributed by atoms with Crippen molar-refractivity contribution in [3.05, 3.63) is 33.8 Å². The van der Waals surface area contributed by atoms with E-state index < -0.39 is 6.10 Å². The molecule has 0 aliphatic rings. The van der Waals surface area contributed by atoms with Crippen LogP contribution < -0.4 is 5.32 Å². The van der Waals surface area contributed by atoms with Gasteiger partial charge in [-0.3, -0.25) is 0 Å². The number of hydrogen-bond donors (Lipinski definition) is 2. The molecule has 0 spiro atoms. The van der Waals surface area contributed by atoms with Gasteiger partial charge in [0.15, 0.2) is 0 Å². The van der Waals surface area contributed by atoms with Gasteiger partial charge in [0.1, 0.15) is 0 Å². The highest BCUT2D eigenvalue weighted by atomic mass is 79.9. The van der Waals surface area contributed by atoms with Crippen LogP contribution in [-0.2, 0) is 0 Å². The van der Waals surface area contributed by atoms with Gasteiger partial charge in [0, 0.05) is 11.0 Å². The van der Waals surface area contributed by atoms with Gasteiger partial charge in [-0.25, -0.2) is 0 Å². The second-order valence-electron chi connectivity index (χ2n) is 4.00. The molecular formula is C12H18BrNO. The van der Waals surface area contributed by atoms with Crippen molar-refractivity contribution in [2.75, 3.05) is 13.6 Å². The molecule has 1 unspecified atom stereocenters. The van der Waals surface area contributed by atoms with Crippen LogP contribution in [0.15, 0.2) is 22.7 Å². The van der Waals surface area contributed by atoms with Crippen molar-refractivity contribution in [1.82, 2.24) is 5.32 Å². The molecule has 0 saturated heterocycles. The topological polar surface area (TPSA) is 32.3 Å². The minimum atomic E-state index is -0.440. The van der Waals surface area contributed by atoms with E-state index in [4.69, 9.17) is 0 Å². The van der Waals surface area contributed by atoms with Gasteiger partial charge in [-0.05, 0) is 36.2 Å². The standard InChI is InChI=1S/C12H18BrNO/c1-8(2)10-5-4-9(13)6-11(10)12(15)7-14-3/h4-6,8,12,14-15H,7H2,1-3H3. The molecule has 0 saturated carbocycles. The fraction of sp³-hybridized carbons (Fsp3) is 0.500. The first-order valence-corrected chi connectivity index (χ1v) is 5.97. The molecule has 2 N–H and O–H groups in total. The molecule has 0 heterocycles. The molecular weight excluding hydrogens is 254 g/mol. The number of likely N-dealkylation sites (N-methyl/N-ethyl adjacent to an activating group) is 1. The van der Waals surface area contributed by atoms with E-state index in [9.17, 15) is 5.11 Å². The molecule has 0 aromatic heterocycles.